The van der Waals surface area contributed by atoms with Gasteiger partial charge in [0.05, 0.1) is 25.3 Å². The van der Waals surface area contributed by atoms with Crippen LogP contribution in [0.3, 0.4) is 0 Å². The number of fused-ring (bicyclic) bond motifs is 1. The minimum atomic E-state index is -0.821. The van der Waals surface area contributed by atoms with Gasteiger partial charge < -0.3 is 19.7 Å². The van der Waals surface area contributed by atoms with Gasteiger partial charge in [-0.1, -0.05) is 6.08 Å². The molecule has 0 unspecified atom stereocenters. The molecule has 2 rings (SSSR count). The number of halogens is 1. The summed E-state index contributed by atoms with van der Waals surface area (Å²) in [6, 6.07) is 3.10. The molecule has 0 atom stereocenters. The summed E-state index contributed by atoms with van der Waals surface area (Å²) < 4.78 is 24.0. The van der Waals surface area contributed by atoms with Gasteiger partial charge in [-0.15, -0.1) is 10.2 Å². The van der Waals surface area contributed by atoms with Crippen molar-refractivity contribution in [3.8, 4) is 11.5 Å². The molecule has 1 aromatic carbocycles. The third-order valence-electron chi connectivity index (χ3n) is 3.20. The molecule has 2 aromatic rings. The topological polar surface area (TPSA) is 76.6 Å². The van der Waals surface area contributed by atoms with Crippen molar-refractivity contribution >= 4 is 22.5 Å². The molecule has 1 heterocycles. The molecule has 0 saturated carbocycles. The van der Waals surface area contributed by atoms with Gasteiger partial charge in [0, 0.05) is 18.7 Å². The Kier molecular flexibility index (Phi) is 5.64. The molecule has 1 aromatic heterocycles. The molecule has 0 aliphatic heterocycles. The number of amides is 1. The molecule has 1 N–H and O–H groups in total. The highest BCUT2D eigenvalue weighted by atomic mass is 19.1. The van der Waals surface area contributed by atoms with E-state index in [-0.39, 0.29) is 11.7 Å². The molecule has 0 aliphatic carbocycles. The van der Waals surface area contributed by atoms with Crippen LogP contribution in [0.1, 0.15) is 0 Å². The Morgan fingerprint density at radius 3 is 2.67 bits per heavy atom. The second kappa shape index (κ2) is 7.69. The molecule has 0 spiro atoms. The molecule has 7 nitrogen and oxygen atoms in total. The van der Waals surface area contributed by atoms with Crippen LogP contribution in [0.25, 0.3) is 10.9 Å². The lowest BCUT2D eigenvalue weighted by atomic mass is 10.1. The second-order valence-corrected chi connectivity index (χ2v) is 5.25. The number of methoxy groups -OCH3 is 2. The van der Waals surface area contributed by atoms with Crippen molar-refractivity contribution in [2.24, 2.45) is 0 Å². The number of hydrogen-bond acceptors (Lipinski definition) is 6. The van der Waals surface area contributed by atoms with E-state index in [0.29, 0.717) is 28.9 Å². The van der Waals surface area contributed by atoms with Gasteiger partial charge in [-0.2, -0.15) is 4.39 Å². The molecule has 8 heteroatoms. The van der Waals surface area contributed by atoms with Gasteiger partial charge in [-0.3, -0.25) is 4.79 Å². The molecule has 0 bridgehead atoms. The number of nitrogens with one attached hydrogen (secondary N) is 1. The van der Waals surface area contributed by atoms with Crippen molar-refractivity contribution in [2.45, 2.75) is 0 Å². The van der Waals surface area contributed by atoms with Gasteiger partial charge in [0.2, 0.25) is 5.91 Å². The van der Waals surface area contributed by atoms with Crippen molar-refractivity contribution < 1.29 is 18.7 Å². The fourth-order valence-corrected chi connectivity index (χ4v) is 2.09. The Bertz CT molecular complexity index is 777. The van der Waals surface area contributed by atoms with E-state index in [2.05, 4.69) is 15.5 Å². The van der Waals surface area contributed by atoms with Gasteiger partial charge in [0.25, 0.3) is 5.95 Å². The van der Waals surface area contributed by atoms with Crippen LogP contribution >= 0.6 is 0 Å². The highest BCUT2D eigenvalue weighted by Gasteiger charge is 2.15. The summed E-state index contributed by atoms with van der Waals surface area (Å²) in [5.74, 6) is -0.796. The van der Waals surface area contributed by atoms with Crippen LogP contribution in [0.2, 0.25) is 0 Å². The third kappa shape index (κ3) is 3.96. The first-order chi connectivity index (χ1) is 11.5. The van der Waals surface area contributed by atoms with Crippen LogP contribution in [-0.4, -0.2) is 55.9 Å². The van der Waals surface area contributed by atoms with Gasteiger partial charge >= 0.3 is 0 Å². The highest BCUT2D eigenvalue weighted by Crippen LogP contribution is 2.34. The molecular weight excluding hydrogens is 315 g/mol. The maximum absolute atomic E-state index is 13.7. The van der Waals surface area contributed by atoms with Gasteiger partial charge in [0.1, 0.15) is 11.3 Å². The van der Waals surface area contributed by atoms with Crippen molar-refractivity contribution in [1.29, 1.82) is 0 Å². The monoisotopic (exact) mass is 334 g/mol. The summed E-state index contributed by atoms with van der Waals surface area (Å²) in [7, 11) is 6.60. The molecular formula is C16H19FN4O3. The van der Waals surface area contributed by atoms with E-state index in [4.69, 9.17) is 9.47 Å². The first kappa shape index (κ1) is 17.6. The average Bonchev–Trinajstić information content (AvgIpc) is 2.54. The van der Waals surface area contributed by atoms with Crippen LogP contribution in [0, 0.1) is 5.95 Å². The summed E-state index contributed by atoms with van der Waals surface area (Å²) >= 11 is 0. The number of benzene rings is 1. The van der Waals surface area contributed by atoms with Crippen molar-refractivity contribution in [3.05, 3.63) is 30.2 Å². The van der Waals surface area contributed by atoms with E-state index in [1.54, 1.807) is 18.2 Å². The molecule has 0 radical (unpaired) electrons. The molecule has 0 saturated heterocycles. The van der Waals surface area contributed by atoms with E-state index < -0.39 is 5.95 Å². The quantitative estimate of drug-likeness (QED) is 0.813. The number of carbonyl (C=O) groups excluding carboxylic acids is 1. The number of ether oxygens (including phenoxy) is 2. The fraction of sp³-hybridized carbons (Fsp3) is 0.312. The predicted molar refractivity (Wildman–Crippen MR) is 88.9 cm³/mol. The van der Waals surface area contributed by atoms with E-state index in [0.717, 1.165) is 0 Å². The molecule has 1 amide bonds. The zero-order valence-corrected chi connectivity index (χ0v) is 14.0. The zero-order chi connectivity index (χ0) is 17.7. The van der Waals surface area contributed by atoms with E-state index in [9.17, 15) is 9.18 Å². The lowest BCUT2D eigenvalue weighted by molar-refractivity contribution is -0.111. The van der Waals surface area contributed by atoms with Gasteiger partial charge in [0.15, 0.2) is 5.75 Å². The van der Waals surface area contributed by atoms with Crippen LogP contribution in [-0.2, 0) is 4.79 Å². The van der Waals surface area contributed by atoms with E-state index in [1.165, 1.54) is 20.3 Å². The smallest absolute Gasteiger partial charge is 0.275 e. The summed E-state index contributed by atoms with van der Waals surface area (Å²) in [6.45, 7) is 0.636. The first-order valence-corrected chi connectivity index (χ1v) is 7.16. The number of hydrogen-bond donors (Lipinski definition) is 1. The minimum Gasteiger partial charge on any atom is -0.494 e. The second-order valence-electron chi connectivity index (χ2n) is 5.25. The summed E-state index contributed by atoms with van der Waals surface area (Å²) in [5.41, 5.74) is 0.779. The summed E-state index contributed by atoms with van der Waals surface area (Å²) in [6.07, 6.45) is 3.15. The lowest BCUT2D eigenvalue weighted by Gasteiger charge is -2.12. The number of carbonyl (C=O) groups is 1. The standard InChI is InChI=1S/C16H19FN4O3/c1-21(2)7-5-6-14(22)18-12-8-10-11(9-13(12)23-3)19-20-16(17)15(10)24-4/h5-6,8-9H,7H2,1-4H3,(H,18,22)/b6-5+. The van der Waals surface area contributed by atoms with E-state index >= 15 is 0 Å². The Hall–Kier alpha value is -2.74. The SMILES string of the molecule is COc1cc2nnc(F)c(OC)c2cc1NC(=O)/C=C/CN(C)C. The van der Waals surface area contributed by atoms with Crippen LogP contribution in [0.5, 0.6) is 11.5 Å². The zero-order valence-electron chi connectivity index (χ0n) is 14.0. The van der Waals surface area contributed by atoms with Gasteiger partial charge in [-0.25, -0.2) is 0 Å². The average molecular weight is 334 g/mol. The minimum absolute atomic E-state index is 0.0405. The maximum Gasteiger partial charge on any atom is 0.275 e. The van der Waals surface area contributed by atoms with E-state index in [1.807, 2.05) is 19.0 Å². The summed E-state index contributed by atoms with van der Waals surface area (Å²) in [4.78, 5) is 13.9. The van der Waals surface area contributed by atoms with Crippen molar-refractivity contribution in [3.63, 3.8) is 0 Å². The number of rotatable bonds is 6. The first-order valence-electron chi connectivity index (χ1n) is 7.16. The Balaban J connectivity index is 2.38. The Morgan fingerprint density at radius 1 is 1.29 bits per heavy atom. The number of likely N-dealkylation sites (N-methyl/N-ethyl adjacent to an activating group) is 1. The number of anilines is 1. The molecule has 24 heavy (non-hydrogen) atoms. The third-order valence-corrected chi connectivity index (χ3v) is 3.20. The molecule has 128 valence electrons. The molecule has 0 fully saturated rings. The lowest BCUT2D eigenvalue weighted by Crippen LogP contribution is -2.13. The van der Waals surface area contributed by atoms with Gasteiger partial charge in [-0.05, 0) is 20.2 Å². The largest absolute Gasteiger partial charge is 0.494 e. The predicted octanol–water partition coefficient (Wildman–Crippen LogP) is 1.84. The number of nitrogens with zero attached hydrogens (tertiary/aromatic N) is 3. The summed E-state index contributed by atoms with van der Waals surface area (Å²) in [5, 5.41) is 10.3. The van der Waals surface area contributed by atoms with Crippen molar-refractivity contribution in [1.82, 2.24) is 15.1 Å². The number of aromatic nitrogens is 2. The van der Waals surface area contributed by atoms with Crippen LogP contribution < -0.4 is 14.8 Å². The van der Waals surface area contributed by atoms with Crippen LogP contribution in [0.4, 0.5) is 10.1 Å². The molecule has 0 aliphatic rings. The normalized spacial score (nSPS) is 11.2. The Labute approximate surface area is 139 Å². The maximum atomic E-state index is 13.7. The van der Waals surface area contributed by atoms with Crippen molar-refractivity contribution in [2.75, 3.05) is 40.2 Å². The van der Waals surface area contributed by atoms with Crippen LogP contribution in [0.15, 0.2) is 24.3 Å². The Morgan fingerprint density at radius 2 is 2.04 bits per heavy atom. The highest BCUT2D eigenvalue weighted by molar-refractivity contribution is 6.02. The fourth-order valence-electron chi connectivity index (χ4n) is 2.09.